The summed E-state index contributed by atoms with van der Waals surface area (Å²) in [5.74, 6) is 0.186. The summed E-state index contributed by atoms with van der Waals surface area (Å²) in [6, 6.07) is 20.9. The molecule has 0 bridgehead atoms. The minimum atomic E-state index is -3.33. The smallest absolute Gasteiger partial charge is 0.211 e. The number of imidazole rings is 2. The van der Waals surface area contributed by atoms with Crippen molar-refractivity contribution in [2.75, 3.05) is 32.2 Å². The van der Waals surface area contributed by atoms with Crippen LogP contribution in [-0.4, -0.2) is 88.8 Å². The van der Waals surface area contributed by atoms with Crippen LogP contribution in [0.3, 0.4) is 0 Å². The Morgan fingerprint density at radius 3 is 1.88 bits per heavy atom. The molecule has 2 aromatic heterocycles. The quantitative estimate of drug-likeness (QED) is 0.278. The first-order chi connectivity index (χ1) is 24.4. The number of benzene rings is 3. The summed E-state index contributed by atoms with van der Waals surface area (Å²) in [4.78, 5) is 8.72. The highest BCUT2D eigenvalue weighted by Gasteiger charge is 2.42. The molecule has 4 aliphatic heterocycles. The Labute approximate surface area is 297 Å². The number of fused-ring (bicyclic) bond motifs is 7. The number of aliphatic hydroxyl groups is 2. The van der Waals surface area contributed by atoms with E-state index in [-0.39, 0.29) is 35.4 Å². The Balaban J connectivity index is 0.000000148. The van der Waals surface area contributed by atoms with Crippen LogP contribution in [0.2, 0.25) is 0 Å². The fourth-order valence-electron chi connectivity index (χ4n) is 8.29. The van der Waals surface area contributed by atoms with E-state index in [1.807, 2.05) is 43.0 Å². The topological polar surface area (TPSA) is 157 Å². The second-order valence-electron chi connectivity index (χ2n) is 13.8. The molecule has 6 heterocycles. The summed E-state index contributed by atoms with van der Waals surface area (Å²) >= 11 is 0. The van der Waals surface area contributed by atoms with Crippen LogP contribution < -0.4 is 4.74 Å². The third kappa shape index (κ3) is 5.88. The van der Waals surface area contributed by atoms with E-state index in [0.717, 1.165) is 34.3 Å². The van der Waals surface area contributed by atoms with E-state index in [9.17, 15) is 27.0 Å². The number of ether oxygens (including phenoxy) is 1. The predicted octanol–water partition coefficient (Wildman–Crippen LogP) is 4.08. The number of sulfonamides is 1. The second-order valence-corrected chi connectivity index (χ2v) is 17.8. The van der Waals surface area contributed by atoms with Crippen LogP contribution in [0.1, 0.15) is 47.7 Å². The van der Waals surface area contributed by atoms with Gasteiger partial charge in [0.2, 0.25) is 10.0 Å². The van der Waals surface area contributed by atoms with Crippen LogP contribution in [-0.2, 0) is 19.9 Å². The molecule has 6 unspecified atom stereocenters. The molecule has 0 saturated carbocycles. The maximum Gasteiger partial charge on any atom is 0.211 e. The Morgan fingerprint density at radius 2 is 1.29 bits per heavy atom. The minimum Gasteiger partial charge on any atom is -0.493 e. The molecule has 12 nitrogen and oxygen atoms in total. The van der Waals surface area contributed by atoms with Crippen molar-refractivity contribution in [3.63, 3.8) is 0 Å². The molecule has 3 aromatic carbocycles. The van der Waals surface area contributed by atoms with E-state index in [2.05, 4.69) is 43.4 Å². The van der Waals surface area contributed by atoms with Crippen LogP contribution in [0.4, 0.5) is 0 Å². The van der Waals surface area contributed by atoms with Gasteiger partial charge in [0, 0.05) is 47.9 Å². The van der Waals surface area contributed by atoms with E-state index in [1.54, 1.807) is 12.4 Å². The third-order valence-electron chi connectivity index (χ3n) is 10.8. The standard InChI is InChI=1S/C20H18N2O4S.C17H21N3O3S/c1-27(24,25)12-6-7-15-18(8-12)26-10-16(20(15)23)19-14-5-3-2-4-13(14)17-9-21-11-22(17)19;1-24(22,23)19-8-6-14(16(21)7-9-19)17-13-5-3-2-4-12(13)15-10-18-11-20(15)17/h2-9,11,16,19-20,23H,10H2,1H3;2-5,10-11,14,16-17,21H,6-9H2,1H3. The lowest BCUT2D eigenvalue weighted by molar-refractivity contribution is 0.0310. The lowest BCUT2D eigenvalue weighted by Gasteiger charge is -2.35. The molecule has 9 rings (SSSR count). The van der Waals surface area contributed by atoms with Crippen LogP contribution in [0.5, 0.6) is 5.75 Å². The molecule has 6 atom stereocenters. The lowest BCUT2D eigenvalue weighted by Crippen LogP contribution is -2.33. The van der Waals surface area contributed by atoms with Gasteiger partial charge < -0.3 is 24.1 Å². The second kappa shape index (κ2) is 12.7. The van der Waals surface area contributed by atoms with Crippen LogP contribution >= 0.6 is 0 Å². The van der Waals surface area contributed by atoms with Crippen molar-refractivity contribution in [1.82, 2.24) is 23.4 Å². The molecule has 0 aliphatic carbocycles. The summed E-state index contributed by atoms with van der Waals surface area (Å²) < 4.78 is 58.9. The van der Waals surface area contributed by atoms with Gasteiger partial charge in [0.05, 0.1) is 78.5 Å². The molecule has 14 heteroatoms. The summed E-state index contributed by atoms with van der Waals surface area (Å²) in [6.07, 6.45) is 9.46. The number of hydrogen-bond donors (Lipinski definition) is 2. The average molecular weight is 730 g/mol. The number of aliphatic hydroxyl groups excluding tert-OH is 2. The maximum absolute atomic E-state index is 11.9. The van der Waals surface area contributed by atoms with Crippen molar-refractivity contribution in [2.45, 2.75) is 42.0 Å². The Bertz CT molecular complexity index is 2340. The zero-order chi connectivity index (χ0) is 35.7. The van der Waals surface area contributed by atoms with Gasteiger partial charge in [-0.1, -0.05) is 54.6 Å². The van der Waals surface area contributed by atoms with Crippen LogP contribution in [0.25, 0.3) is 22.5 Å². The van der Waals surface area contributed by atoms with E-state index in [4.69, 9.17) is 4.74 Å². The predicted molar refractivity (Wildman–Crippen MR) is 190 cm³/mol. The van der Waals surface area contributed by atoms with E-state index < -0.39 is 32.1 Å². The molecule has 0 amide bonds. The normalized spacial score (nSPS) is 25.3. The fourth-order valence-corrected chi connectivity index (χ4v) is 9.80. The van der Waals surface area contributed by atoms with E-state index in [0.29, 0.717) is 37.2 Å². The zero-order valence-corrected chi connectivity index (χ0v) is 29.8. The summed E-state index contributed by atoms with van der Waals surface area (Å²) in [5.41, 5.74) is 7.30. The van der Waals surface area contributed by atoms with Gasteiger partial charge in [-0.05, 0) is 36.1 Å². The highest BCUT2D eigenvalue weighted by molar-refractivity contribution is 7.90. The van der Waals surface area contributed by atoms with Gasteiger partial charge in [0.1, 0.15) is 5.75 Å². The highest BCUT2D eigenvalue weighted by atomic mass is 32.2. The SMILES string of the molecule is CS(=O)(=O)N1CCC(O)C(C2c3ccccc3-c3cncn32)CC1.CS(=O)(=O)c1ccc2c(c1)OCC(C1c3ccccc3-c3cncn31)C2O. The number of aromatic nitrogens is 4. The van der Waals surface area contributed by atoms with Gasteiger partial charge in [-0.15, -0.1) is 0 Å². The average Bonchev–Trinajstić information content (AvgIpc) is 3.86. The summed E-state index contributed by atoms with van der Waals surface area (Å²) in [7, 11) is -6.56. The van der Waals surface area contributed by atoms with Crippen molar-refractivity contribution in [3.8, 4) is 28.3 Å². The first-order valence-corrected chi connectivity index (χ1v) is 20.7. The van der Waals surface area contributed by atoms with Crippen molar-refractivity contribution in [3.05, 3.63) is 108 Å². The number of rotatable bonds is 4. The largest absolute Gasteiger partial charge is 0.493 e. The van der Waals surface area contributed by atoms with Gasteiger partial charge in [-0.3, -0.25) is 0 Å². The van der Waals surface area contributed by atoms with E-state index in [1.165, 1.54) is 28.3 Å². The molecule has 266 valence electrons. The molecule has 4 aliphatic rings. The Hall–Kier alpha value is -4.34. The van der Waals surface area contributed by atoms with Crippen LogP contribution in [0.15, 0.2) is 96.7 Å². The molecule has 2 N–H and O–H groups in total. The van der Waals surface area contributed by atoms with E-state index >= 15 is 0 Å². The molecular formula is C37H39N5O7S2. The highest BCUT2D eigenvalue weighted by Crippen LogP contribution is 2.49. The monoisotopic (exact) mass is 729 g/mol. The Morgan fingerprint density at radius 1 is 0.725 bits per heavy atom. The summed E-state index contributed by atoms with van der Waals surface area (Å²) in [5, 5.41) is 21.8. The number of hydrogen-bond acceptors (Lipinski definition) is 9. The molecule has 5 aromatic rings. The van der Waals surface area contributed by atoms with Crippen molar-refractivity contribution in [2.24, 2.45) is 11.8 Å². The van der Waals surface area contributed by atoms with Crippen molar-refractivity contribution >= 4 is 19.9 Å². The molecule has 0 radical (unpaired) electrons. The van der Waals surface area contributed by atoms with Gasteiger partial charge in [0.25, 0.3) is 0 Å². The number of nitrogens with zero attached hydrogens (tertiary/aromatic N) is 5. The van der Waals surface area contributed by atoms with Gasteiger partial charge >= 0.3 is 0 Å². The zero-order valence-electron chi connectivity index (χ0n) is 28.1. The number of sulfone groups is 1. The molecule has 0 spiro atoms. The minimum absolute atomic E-state index is 0.00760. The lowest BCUT2D eigenvalue weighted by atomic mass is 9.84. The molecule has 51 heavy (non-hydrogen) atoms. The fraction of sp³-hybridized carbons (Fsp3) is 0.351. The Kier molecular flexibility index (Phi) is 8.42. The molecule has 1 saturated heterocycles. The first kappa shape index (κ1) is 33.8. The first-order valence-electron chi connectivity index (χ1n) is 16.9. The van der Waals surface area contributed by atoms with Gasteiger partial charge in [-0.2, -0.15) is 0 Å². The van der Waals surface area contributed by atoms with Crippen molar-refractivity contribution < 1.29 is 31.8 Å². The van der Waals surface area contributed by atoms with Gasteiger partial charge in [0.15, 0.2) is 9.84 Å². The molecule has 1 fully saturated rings. The third-order valence-corrected chi connectivity index (χ3v) is 13.2. The van der Waals surface area contributed by atoms with Gasteiger partial charge in [-0.25, -0.2) is 31.1 Å². The maximum atomic E-state index is 11.9. The molecular weight excluding hydrogens is 691 g/mol. The van der Waals surface area contributed by atoms with Crippen molar-refractivity contribution in [1.29, 1.82) is 0 Å². The summed E-state index contributed by atoms with van der Waals surface area (Å²) in [6.45, 7) is 1.11. The van der Waals surface area contributed by atoms with Crippen LogP contribution in [0, 0.1) is 11.8 Å².